The van der Waals surface area contributed by atoms with Crippen LogP contribution >= 0.6 is 11.3 Å². The highest BCUT2D eigenvalue weighted by Gasteiger charge is 2.16. The number of hydrogen-bond donors (Lipinski definition) is 1. The minimum absolute atomic E-state index is 0.250. The Morgan fingerprint density at radius 3 is 2.62 bits per heavy atom. The number of aryl methyl sites for hydroxylation is 1. The maximum atomic E-state index is 8.95. The van der Waals surface area contributed by atoms with Gasteiger partial charge in [0, 0.05) is 17.5 Å². The Balaban J connectivity index is 2.82. The van der Waals surface area contributed by atoms with Crippen LogP contribution in [0.15, 0.2) is 11.4 Å². The van der Waals surface area contributed by atoms with E-state index in [1.165, 1.54) is 10.4 Å². The molecular formula is C10H17NOS. The first-order chi connectivity index (χ1) is 6.16. The predicted octanol–water partition coefficient (Wildman–Crippen LogP) is 2.04. The van der Waals surface area contributed by atoms with E-state index in [0.717, 1.165) is 6.42 Å². The second kappa shape index (κ2) is 4.74. The molecule has 0 aliphatic carbocycles. The highest BCUT2D eigenvalue weighted by Crippen LogP contribution is 2.29. The topological polar surface area (TPSA) is 23.5 Å². The maximum Gasteiger partial charge on any atom is 0.0459 e. The summed E-state index contributed by atoms with van der Waals surface area (Å²) in [6.45, 7) is 2.37. The standard InChI is InChI=1S/C10H17NOS/c1-8-5-7-13-10(8)9(4-6-12)11(2)3/h5,7,9,12H,4,6H2,1-3H3. The largest absolute Gasteiger partial charge is 0.396 e. The second-order valence-corrected chi connectivity index (χ2v) is 4.41. The molecule has 1 unspecified atom stereocenters. The van der Waals surface area contributed by atoms with E-state index in [0.29, 0.717) is 6.04 Å². The van der Waals surface area contributed by atoms with E-state index in [9.17, 15) is 0 Å². The molecule has 0 radical (unpaired) electrons. The molecule has 1 atom stereocenters. The van der Waals surface area contributed by atoms with Crippen LogP contribution in [0.3, 0.4) is 0 Å². The second-order valence-electron chi connectivity index (χ2n) is 3.46. The van der Waals surface area contributed by atoms with Gasteiger partial charge >= 0.3 is 0 Å². The molecule has 74 valence electrons. The first-order valence-electron chi connectivity index (χ1n) is 4.48. The number of thiophene rings is 1. The van der Waals surface area contributed by atoms with E-state index in [1.807, 2.05) is 0 Å². The molecule has 0 fully saturated rings. The summed E-state index contributed by atoms with van der Waals surface area (Å²) in [5.74, 6) is 0. The van der Waals surface area contributed by atoms with E-state index in [4.69, 9.17) is 5.11 Å². The Kier molecular flexibility index (Phi) is 3.90. The van der Waals surface area contributed by atoms with Crippen LogP contribution in [0.1, 0.15) is 22.9 Å². The van der Waals surface area contributed by atoms with Gasteiger partial charge in [-0.15, -0.1) is 11.3 Å². The monoisotopic (exact) mass is 199 g/mol. The van der Waals surface area contributed by atoms with E-state index >= 15 is 0 Å². The number of rotatable bonds is 4. The van der Waals surface area contributed by atoms with Gasteiger partial charge in [-0.2, -0.15) is 0 Å². The average Bonchev–Trinajstić information content (AvgIpc) is 2.47. The fourth-order valence-corrected chi connectivity index (χ4v) is 2.63. The minimum Gasteiger partial charge on any atom is -0.396 e. The van der Waals surface area contributed by atoms with E-state index in [1.54, 1.807) is 11.3 Å². The van der Waals surface area contributed by atoms with Gasteiger partial charge in [-0.25, -0.2) is 0 Å². The van der Waals surface area contributed by atoms with Crippen LogP contribution in [0.25, 0.3) is 0 Å². The van der Waals surface area contributed by atoms with E-state index < -0.39 is 0 Å². The molecule has 1 aromatic rings. The van der Waals surface area contributed by atoms with Gasteiger partial charge in [0.2, 0.25) is 0 Å². The fourth-order valence-electron chi connectivity index (χ4n) is 1.47. The third-order valence-corrected chi connectivity index (χ3v) is 3.35. The predicted molar refractivity (Wildman–Crippen MR) is 57.2 cm³/mol. The summed E-state index contributed by atoms with van der Waals surface area (Å²) in [4.78, 5) is 3.54. The van der Waals surface area contributed by atoms with Crippen LogP contribution in [0.4, 0.5) is 0 Å². The molecule has 0 aromatic carbocycles. The van der Waals surface area contributed by atoms with Gasteiger partial charge in [-0.3, -0.25) is 0 Å². The van der Waals surface area contributed by atoms with Crippen molar-refractivity contribution in [3.05, 3.63) is 21.9 Å². The molecule has 0 amide bonds. The van der Waals surface area contributed by atoms with Crippen LogP contribution in [0.2, 0.25) is 0 Å². The summed E-state index contributed by atoms with van der Waals surface area (Å²) in [6.07, 6.45) is 0.814. The van der Waals surface area contributed by atoms with Crippen molar-refractivity contribution >= 4 is 11.3 Å². The normalized spacial score (nSPS) is 13.6. The van der Waals surface area contributed by atoms with Crippen molar-refractivity contribution in [1.29, 1.82) is 0 Å². The van der Waals surface area contributed by atoms with Crippen LogP contribution in [-0.4, -0.2) is 30.7 Å². The van der Waals surface area contributed by atoms with Crippen LogP contribution in [-0.2, 0) is 0 Å². The smallest absolute Gasteiger partial charge is 0.0459 e. The lowest BCUT2D eigenvalue weighted by atomic mass is 10.1. The molecule has 1 rings (SSSR count). The van der Waals surface area contributed by atoms with Crippen LogP contribution in [0, 0.1) is 6.92 Å². The Hall–Kier alpha value is -0.380. The molecule has 1 heterocycles. The Labute approximate surface area is 83.8 Å². The number of nitrogens with zero attached hydrogens (tertiary/aromatic N) is 1. The molecule has 0 aliphatic rings. The van der Waals surface area contributed by atoms with Gasteiger partial charge in [0.05, 0.1) is 0 Å². The summed E-state index contributed by atoms with van der Waals surface area (Å²) >= 11 is 1.77. The Morgan fingerprint density at radius 2 is 2.23 bits per heavy atom. The van der Waals surface area contributed by atoms with Gasteiger partial charge in [-0.05, 0) is 44.4 Å². The zero-order valence-electron chi connectivity index (χ0n) is 8.45. The molecule has 3 heteroatoms. The SMILES string of the molecule is Cc1ccsc1C(CCO)N(C)C. The molecule has 1 N–H and O–H groups in total. The fraction of sp³-hybridized carbons (Fsp3) is 0.600. The Morgan fingerprint density at radius 1 is 1.54 bits per heavy atom. The molecule has 0 saturated carbocycles. The van der Waals surface area contributed by atoms with Crippen molar-refractivity contribution in [2.24, 2.45) is 0 Å². The van der Waals surface area contributed by atoms with Crippen molar-refractivity contribution in [2.75, 3.05) is 20.7 Å². The van der Waals surface area contributed by atoms with Crippen molar-refractivity contribution in [1.82, 2.24) is 4.90 Å². The lowest BCUT2D eigenvalue weighted by molar-refractivity contribution is 0.212. The maximum absolute atomic E-state index is 8.95. The average molecular weight is 199 g/mol. The summed E-state index contributed by atoms with van der Waals surface area (Å²) in [5, 5.41) is 11.1. The molecule has 13 heavy (non-hydrogen) atoms. The van der Waals surface area contributed by atoms with Crippen molar-refractivity contribution < 1.29 is 5.11 Å². The highest BCUT2D eigenvalue weighted by molar-refractivity contribution is 7.10. The quantitative estimate of drug-likeness (QED) is 0.802. The highest BCUT2D eigenvalue weighted by atomic mass is 32.1. The van der Waals surface area contributed by atoms with Gasteiger partial charge in [0.15, 0.2) is 0 Å². The zero-order chi connectivity index (χ0) is 9.84. The summed E-state index contributed by atoms with van der Waals surface area (Å²) in [7, 11) is 4.11. The first kappa shape index (κ1) is 10.7. The van der Waals surface area contributed by atoms with Gasteiger partial charge in [0.1, 0.15) is 0 Å². The molecule has 0 aliphatic heterocycles. The number of hydrogen-bond acceptors (Lipinski definition) is 3. The first-order valence-corrected chi connectivity index (χ1v) is 5.36. The van der Waals surface area contributed by atoms with E-state index in [2.05, 4.69) is 37.4 Å². The van der Waals surface area contributed by atoms with Crippen LogP contribution in [0.5, 0.6) is 0 Å². The summed E-state index contributed by atoms with van der Waals surface area (Å²) in [5.41, 5.74) is 1.33. The van der Waals surface area contributed by atoms with Crippen molar-refractivity contribution in [3.8, 4) is 0 Å². The molecule has 0 spiro atoms. The third-order valence-electron chi connectivity index (χ3n) is 2.23. The lowest BCUT2D eigenvalue weighted by Gasteiger charge is -2.23. The number of aliphatic hydroxyl groups excluding tert-OH is 1. The van der Waals surface area contributed by atoms with Gasteiger partial charge in [0.25, 0.3) is 0 Å². The van der Waals surface area contributed by atoms with Crippen molar-refractivity contribution in [2.45, 2.75) is 19.4 Å². The summed E-state index contributed by atoms with van der Waals surface area (Å²) in [6, 6.07) is 2.50. The Bertz CT molecular complexity index is 257. The molecule has 1 aromatic heterocycles. The van der Waals surface area contributed by atoms with Crippen LogP contribution < -0.4 is 0 Å². The number of aliphatic hydroxyl groups is 1. The molecular weight excluding hydrogens is 182 g/mol. The minimum atomic E-state index is 0.250. The molecule has 2 nitrogen and oxygen atoms in total. The molecule has 0 saturated heterocycles. The zero-order valence-corrected chi connectivity index (χ0v) is 9.27. The molecule has 0 bridgehead atoms. The third kappa shape index (κ3) is 2.53. The van der Waals surface area contributed by atoms with E-state index in [-0.39, 0.29) is 6.61 Å². The lowest BCUT2D eigenvalue weighted by Crippen LogP contribution is -2.20. The van der Waals surface area contributed by atoms with Gasteiger partial charge < -0.3 is 10.0 Å². The van der Waals surface area contributed by atoms with Crippen molar-refractivity contribution in [3.63, 3.8) is 0 Å². The summed E-state index contributed by atoms with van der Waals surface area (Å²) < 4.78 is 0. The van der Waals surface area contributed by atoms with Gasteiger partial charge in [-0.1, -0.05) is 0 Å².